The van der Waals surface area contributed by atoms with E-state index in [9.17, 15) is 0 Å². The van der Waals surface area contributed by atoms with Gasteiger partial charge >= 0.3 is 0 Å². The van der Waals surface area contributed by atoms with Gasteiger partial charge in [0.1, 0.15) is 17.5 Å². The molecule has 3 N–H and O–H groups in total. The molecule has 0 radical (unpaired) electrons. The van der Waals surface area contributed by atoms with Crippen LogP contribution in [0, 0.1) is 6.92 Å². The normalized spacial score (nSPS) is 11.5. The van der Waals surface area contributed by atoms with E-state index in [2.05, 4.69) is 58.6 Å². The Hall–Kier alpha value is -5.22. The number of H-pyrrole nitrogens is 2. The topological polar surface area (TPSA) is 126 Å². The Morgan fingerprint density at radius 3 is 2.67 bits per heavy atom. The molecule has 7 aromatic rings. The fourth-order valence-electron chi connectivity index (χ4n) is 4.69. The van der Waals surface area contributed by atoms with Crippen LogP contribution in [0.1, 0.15) is 16.8 Å². The van der Waals surface area contributed by atoms with E-state index in [0.717, 1.165) is 51.0 Å². The van der Waals surface area contributed by atoms with Crippen LogP contribution in [-0.4, -0.2) is 44.7 Å². The third-order valence-corrected chi connectivity index (χ3v) is 6.60. The Kier molecular flexibility index (Phi) is 5.64. The number of pyridine rings is 3. The smallest absolute Gasteiger partial charge is 0.166 e. The van der Waals surface area contributed by atoms with Crippen LogP contribution in [0.4, 0.5) is 0 Å². The summed E-state index contributed by atoms with van der Waals surface area (Å²) in [5, 5.41) is 12.1. The molecule has 39 heavy (non-hydrogen) atoms. The Labute approximate surface area is 223 Å². The van der Waals surface area contributed by atoms with E-state index in [-0.39, 0.29) is 0 Å². The highest BCUT2D eigenvalue weighted by atomic mass is 15.2. The molecule has 7 rings (SSSR count). The molecule has 0 spiro atoms. The molecule has 0 aliphatic rings. The molecule has 0 saturated carbocycles. The number of aryl methyl sites for hydroxylation is 1. The molecule has 0 amide bonds. The largest absolute Gasteiger partial charge is 0.336 e. The first-order chi connectivity index (χ1) is 19.2. The summed E-state index contributed by atoms with van der Waals surface area (Å²) in [6, 6.07) is 16.4. The molecule has 0 aliphatic carbocycles. The van der Waals surface area contributed by atoms with Crippen molar-refractivity contribution in [2.24, 2.45) is 0 Å². The molecule has 0 aliphatic heterocycles. The SMILES string of the molecule is Cc1cn(-c2nccc3[nH]c(-c4n[nH]c5cnc(-c6cncc(CNCc7ccccc7)c6)cc45)nc23)cn1. The van der Waals surface area contributed by atoms with Crippen molar-refractivity contribution in [2.75, 3.05) is 0 Å². The maximum absolute atomic E-state index is 4.88. The number of fused-ring (bicyclic) bond motifs is 2. The van der Waals surface area contributed by atoms with Crippen LogP contribution in [0.5, 0.6) is 0 Å². The molecule has 0 bridgehead atoms. The maximum atomic E-state index is 4.88. The van der Waals surface area contributed by atoms with Crippen LogP contribution in [-0.2, 0) is 13.1 Å². The lowest BCUT2D eigenvalue weighted by atomic mass is 10.1. The van der Waals surface area contributed by atoms with Crippen molar-refractivity contribution in [1.29, 1.82) is 0 Å². The quantitative estimate of drug-likeness (QED) is 0.282. The van der Waals surface area contributed by atoms with Crippen LogP contribution < -0.4 is 5.32 Å². The average molecular weight is 513 g/mol. The number of hydrogen-bond donors (Lipinski definition) is 3. The Morgan fingerprint density at radius 2 is 1.79 bits per heavy atom. The Bertz CT molecular complexity index is 1920. The van der Waals surface area contributed by atoms with E-state index in [1.807, 2.05) is 60.4 Å². The first-order valence-electron chi connectivity index (χ1n) is 12.6. The number of rotatable bonds is 7. The van der Waals surface area contributed by atoms with Gasteiger partial charge in [-0.1, -0.05) is 30.3 Å². The second-order valence-electron chi connectivity index (χ2n) is 9.40. The molecule has 0 atom stereocenters. The third kappa shape index (κ3) is 4.42. The van der Waals surface area contributed by atoms with Crippen molar-refractivity contribution in [3.8, 4) is 28.6 Å². The zero-order valence-corrected chi connectivity index (χ0v) is 21.1. The monoisotopic (exact) mass is 512 g/mol. The summed E-state index contributed by atoms with van der Waals surface area (Å²) in [6.45, 7) is 3.45. The molecule has 10 nitrogen and oxygen atoms in total. The fourth-order valence-corrected chi connectivity index (χ4v) is 4.69. The van der Waals surface area contributed by atoms with Gasteiger partial charge in [0.15, 0.2) is 11.6 Å². The zero-order valence-electron chi connectivity index (χ0n) is 21.1. The molecule has 0 unspecified atom stereocenters. The molecule has 6 heterocycles. The van der Waals surface area contributed by atoms with Crippen molar-refractivity contribution in [3.05, 3.63) is 103 Å². The minimum atomic E-state index is 0.650. The lowest BCUT2D eigenvalue weighted by molar-refractivity contribution is 0.691. The Morgan fingerprint density at radius 1 is 0.897 bits per heavy atom. The number of hydrogen-bond acceptors (Lipinski definition) is 7. The van der Waals surface area contributed by atoms with Gasteiger partial charge in [-0.2, -0.15) is 5.10 Å². The molecule has 1 aromatic carbocycles. The molecule has 10 heteroatoms. The van der Waals surface area contributed by atoms with Gasteiger partial charge in [0.05, 0.1) is 28.6 Å². The number of aromatic nitrogens is 9. The standard InChI is InChI=1S/C29H24N10/c1-18-16-39(17-34-18)29-27-23(7-8-32-29)35-28(36-27)26-22-10-24(33-15-25(22)37-38-26)21-9-20(13-31-14-21)12-30-11-19-5-3-2-4-6-19/h2-10,13-17,30H,11-12H2,1H3,(H,35,36)(H,37,38). The number of aromatic amines is 2. The van der Waals surface area contributed by atoms with Gasteiger partial charge < -0.3 is 10.3 Å². The predicted octanol–water partition coefficient (Wildman–Crippen LogP) is 4.74. The van der Waals surface area contributed by atoms with Crippen LogP contribution >= 0.6 is 0 Å². The summed E-state index contributed by atoms with van der Waals surface area (Å²) in [5.74, 6) is 1.36. The van der Waals surface area contributed by atoms with E-state index in [1.165, 1.54) is 5.56 Å². The predicted molar refractivity (Wildman–Crippen MR) is 149 cm³/mol. The molecule has 6 aromatic heterocycles. The average Bonchev–Trinajstić information content (AvgIpc) is 3.71. The highest BCUT2D eigenvalue weighted by Gasteiger charge is 2.17. The molecule has 0 fully saturated rings. The molecule has 0 saturated heterocycles. The summed E-state index contributed by atoms with van der Waals surface area (Å²) in [4.78, 5) is 26.3. The summed E-state index contributed by atoms with van der Waals surface area (Å²) in [6.07, 6.45) is 10.9. The van der Waals surface area contributed by atoms with Gasteiger partial charge in [-0.15, -0.1) is 0 Å². The summed E-state index contributed by atoms with van der Waals surface area (Å²) >= 11 is 0. The van der Waals surface area contributed by atoms with Gasteiger partial charge in [0.25, 0.3) is 0 Å². The third-order valence-electron chi connectivity index (χ3n) is 6.60. The van der Waals surface area contributed by atoms with Crippen LogP contribution in [0.2, 0.25) is 0 Å². The summed E-state index contributed by atoms with van der Waals surface area (Å²) in [7, 11) is 0. The van der Waals surface area contributed by atoms with Crippen molar-refractivity contribution >= 4 is 21.9 Å². The minimum absolute atomic E-state index is 0.650. The van der Waals surface area contributed by atoms with E-state index >= 15 is 0 Å². The summed E-state index contributed by atoms with van der Waals surface area (Å²) < 4.78 is 1.88. The molecular weight excluding hydrogens is 488 g/mol. The van der Waals surface area contributed by atoms with Crippen LogP contribution in [0.25, 0.3) is 50.5 Å². The van der Waals surface area contributed by atoms with E-state index in [0.29, 0.717) is 23.9 Å². The second-order valence-corrected chi connectivity index (χ2v) is 9.40. The van der Waals surface area contributed by atoms with Crippen LogP contribution in [0.15, 0.2) is 85.8 Å². The zero-order chi connectivity index (χ0) is 26.2. The lowest BCUT2D eigenvalue weighted by Crippen LogP contribution is -2.12. The van der Waals surface area contributed by atoms with Gasteiger partial charge in [0.2, 0.25) is 0 Å². The highest BCUT2D eigenvalue weighted by molar-refractivity contribution is 5.95. The number of nitrogens with one attached hydrogen (secondary N) is 3. The first kappa shape index (κ1) is 22.9. The van der Waals surface area contributed by atoms with Crippen molar-refractivity contribution < 1.29 is 0 Å². The van der Waals surface area contributed by atoms with Crippen molar-refractivity contribution in [3.63, 3.8) is 0 Å². The summed E-state index contributed by atoms with van der Waals surface area (Å²) in [5.41, 5.74) is 8.15. The number of nitrogens with zero attached hydrogens (tertiary/aromatic N) is 7. The van der Waals surface area contributed by atoms with Crippen molar-refractivity contribution in [1.82, 2.24) is 50.0 Å². The van der Waals surface area contributed by atoms with E-state index in [1.54, 1.807) is 18.7 Å². The van der Waals surface area contributed by atoms with E-state index in [4.69, 9.17) is 4.98 Å². The molecular formula is C29H24N10. The van der Waals surface area contributed by atoms with Gasteiger partial charge in [-0.05, 0) is 36.2 Å². The van der Waals surface area contributed by atoms with E-state index < -0.39 is 0 Å². The first-order valence-corrected chi connectivity index (χ1v) is 12.6. The highest BCUT2D eigenvalue weighted by Crippen LogP contribution is 2.30. The Balaban J connectivity index is 1.20. The van der Waals surface area contributed by atoms with Crippen LogP contribution in [0.3, 0.4) is 0 Å². The fraction of sp³-hybridized carbons (Fsp3) is 0.103. The van der Waals surface area contributed by atoms with Gasteiger partial charge in [0, 0.05) is 48.8 Å². The van der Waals surface area contributed by atoms with Gasteiger partial charge in [-0.25, -0.2) is 15.0 Å². The second kappa shape index (κ2) is 9.58. The number of benzene rings is 1. The maximum Gasteiger partial charge on any atom is 0.166 e. The van der Waals surface area contributed by atoms with Gasteiger partial charge in [-0.3, -0.25) is 19.6 Å². The van der Waals surface area contributed by atoms with Crippen molar-refractivity contribution in [2.45, 2.75) is 20.0 Å². The lowest BCUT2D eigenvalue weighted by Gasteiger charge is -2.07. The number of imidazole rings is 2. The molecule has 190 valence electrons. The minimum Gasteiger partial charge on any atom is -0.336 e.